The van der Waals surface area contributed by atoms with Crippen molar-refractivity contribution in [1.29, 1.82) is 0 Å². The van der Waals surface area contributed by atoms with Gasteiger partial charge < -0.3 is 0 Å². The van der Waals surface area contributed by atoms with Gasteiger partial charge in [-0.15, -0.1) is 0 Å². The average Bonchev–Trinajstić information content (AvgIpc) is 2.28. The van der Waals surface area contributed by atoms with E-state index in [1.54, 1.807) is 0 Å². The van der Waals surface area contributed by atoms with Crippen LogP contribution in [0, 0.1) is 5.41 Å². The highest BCUT2D eigenvalue weighted by Crippen LogP contribution is 2.50. The van der Waals surface area contributed by atoms with Crippen molar-refractivity contribution in [3.63, 3.8) is 0 Å². The van der Waals surface area contributed by atoms with E-state index in [2.05, 4.69) is 57.2 Å². The molecule has 1 spiro atoms. The van der Waals surface area contributed by atoms with Crippen molar-refractivity contribution >= 4 is 5.71 Å². The lowest BCUT2D eigenvalue weighted by Crippen LogP contribution is -2.30. The van der Waals surface area contributed by atoms with Crippen LogP contribution in [-0.4, -0.2) is 5.71 Å². The van der Waals surface area contributed by atoms with Gasteiger partial charge in [0.25, 0.3) is 0 Å². The molecule has 1 heterocycles. The smallest absolute Gasteiger partial charge is 0.0595 e. The van der Waals surface area contributed by atoms with Crippen LogP contribution in [0.1, 0.15) is 27.2 Å². The summed E-state index contributed by atoms with van der Waals surface area (Å²) in [7, 11) is 0. The molecule has 3 rings (SSSR count). The first kappa shape index (κ1) is 10.5. The highest BCUT2D eigenvalue weighted by Gasteiger charge is 2.40. The molecule has 17 heavy (non-hydrogen) atoms. The number of hydrogen-bond donors (Lipinski definition) is 0. The molecule has 1 aliphatic heterocycles. The van der Waals surface area contributed by atoms with E-state index in [0.717, 1.165) is 12.1 Å². The van der Waals surface area contributed by atoms with E-state index in [4.69, 9.17) is 4.99 Å². The highest BCUT2D eigenvalue weighted by atomic mass is 14.8. The summed E-state index contributed by atoms with van der Waals surface area (Å²) in [6, 6.07) is 0. The van der Waals surface area contributed by atoms with Crippen molar-refractivity contribution in [3.8, 4) is 0 Å². The Labute approximate surface area is 103 Å². The van der Waals surface area contributed by atoms with Crippen LogP contribution in [0.3, 0.4) is 0 Å². The Hall–Kier alpha value is -1.63. The summed E-state index contributed by atoms with van der Waals surface area (Å²) < 4.78 is 0. The minimum atomic E-state index is 0.0118. The SMILES string of the molecule is CC1=CCC23C=CC=C(C)C2=CC(C)=NC3=C1. The van der Waals surface area contributed by atoms with Crippen molar-refractivity contribution < 1.29 is 0 Å². The maximum atomic E-state index is 4.75. The third-order valence-electron chi connectivity index (χ3n) is 3.85. The molecule has 1 nitrogen and oxygen atoms in total. The van der Waals surface area contributed by atoms with Gasteiger partial charge in [0.1, 0.15) is 0 Å². The number of aliphatic imine (C=N–C) groups is 1. The van der Waals surface area contributed by atoms with E-state index in [-0.39, 0.29) is 5.41 Å². The van der Waals surface area contributed by atoms with Crippen molar-refractivity contribution in [2.75, 3.05) is 0 Å². The minimum absolute atomic E-state index is 0.0118. The molecule has 0 radical (unpaired) electrons. The van der Waals surface area contributed by atoms with Gasteiger partial charge in [-0.1, -0.05) is 29.9 Å². The van der Waals surface area contributed by atoms with Crippen LogP contribution in [0.5, 0.6) is 0 Å². The molecule has 3 aliphatic rings. The third-order valence-corrected chi connectivity index (χ3v) is 3.85. The molecule has 0 aromatic carbocycles. The second-order valence-electron chi connectivity index (χ2n) is 5.17. The Morgan fingerprint density at radius 2 is 2.00 bits per heavy atom. The molecular weight excluding hydrogens is 206 g/mol. The van der Waals surface area contributed by atoms with E-state index in [1.807, 2.05) is 0 Å². The van der Waals surface area contributed by atoms with Gasteiger partial charge in [0.2, 0.25) is 0 Å². The molecule has 0 bridgehead atoms. The Morgan fingerprint density at radius 3 is 2.82 bits per heavy atom. The topological polar surface area (TPSA) is 12.4 Å². The van der Waals surface area contributed by atoms with Crippen molar-refractivity contribution in [2.24, 2.45) is 10.4 Å². The summed E-state index contributed by atoms with van der Waals surface area (Å²) in [5.74, 6) is 0. The Balaban J connectivity index is 2.23. The lowest BCUT2D eigenvalue weighted by atomic mass is 9.66. The van der Waals surface area contributed by atoms with Crippen LogP contribution < -0.4 is 0 Å². The normalized spacial score (nSPS) is 30.4. The van der Waals surface area contributed by atoms with Crippen LogP contribution in [0.15, 0.2) is 63.9 Å². The van der Waals surface area contributed by atoms with E-state index in [1.165, 1.54) is 22.4 Å². The van der Waals surface area contributed by atoms with E-state index >= 15 is 0 Å². The van der Waals surface area contributed by atoms with Gasteiger partial charge >= 0.3 is 0 Å². The van der Waals surface area contributed by atoms with Gasteiger partial charge in [-0.3, -0.25) is 4.99 Å². The zero-order valence-corrected chi connectivity index (χ0v) is 10.6. The van der Waals surface area contributed by atoms with Crippen LogP contribution in [0.25, 0.3) is 0 Å². The Morgan fingerprint density at radius 1 is 1.18 bits per heavy atom. The van der Waals surface area contributed by atoms with Crippen LogP contribution in [0.4, 0.5) is 0 Å². The van der Waals surface area contributed by atoms with Crippen LogP contribution >= 0.6 is 0 Å². The number of nitrogens with zero attached hydrogens (tertiary/aromatic N) is 1. The lowest BCUT2D eigenvalue weighted by molar-refractivity contribution is 0.538. The fraction of sp³-hybridized carbons (Fsp3) is 0.312. The van der Waals surface area contributed by atoms with E-state index < -0.39 is 0 Å². The van der Waals surface area contributed by atoms with Crippen LogP contribution in [0.2, 0.25) is 0 Å². The molecule has 0 amide bonds. The molecule has 1 atom stereocenters. The summed E-state index contributed by atoms with van der Waals surface area (Å²) >= 11 is 0. The Kier molecular flexibility index (Phi) is 2.12. The van der Waals surface area contributed by atoms with Gasteiger partial charge in [0, 0.05) is 5.71 Å². The quantitative estimate of drug-likeness (QED) is 0.585. The second kappa shape index (κ2) is 3.43. The lowest BCUT2D eigenvalue weighted by Gasteiger charge is -2.40. The first-order chi connectivity index (χ1) is 8.12. The standard InChI is InChI=1S/C16H17N/c1-11-6-8-16-7-4-5-12(2)14(16)10-13(3)17-15(16)9-11/h4-7,9-10H,8H2,1-3H3. The van der Waals surface area contributed by atoms with Gasteiger partial charge in [-0.25, -0.2) is 0 Å². The predicted molar refractivity (Wildman–Crippen MR) is 73.0 cm³/mol. The molecule has 2 aliphatic carbocycles. The molecule has 0 saturated heterocycles. The molecule has 0 aromatic heterocycles. The summed E-state index contributed by atoms with van der Waals surface area (Å²) in [5, 5.41) is 0. The first-order valence-electron chi connectivity index (χ1n) is 6.15. The van der Waals surface area contributed by atoms with Crippen LogP contribution in [-0.2, 0) is 0 Å². The number of rotatable bonds is 0. The number of dihydropyridines is 1. The number of hydrogen-bond acceptors (Lipinski definition) is 1. The highest BCUT2D eigenvalue weighted by molar-refractivity contribution is 5.97. The molecule has 1 unspecified atom stereocenters. The molecule has 1 heteroatoms. The average molecular weight is 223 g/mol. The van der Waals surface area contributed by atoms with E-state index in [0.29, 0.717) is 0 Å². The monoisotopic (exact) mass is 223 g/mol. The maximum Gasteiger partial charge on any atom is 0.0595 e. The van der Waals surface area contributed by atoms with Gasteiger partial charge in [-0.2, -0.15) is 0 Å². The fourth-order valence-electron chi connectivity index (χ4n) is 2.93. The second-order valence-corrected chi connectivity index (χ2v) is 5.17. The Bertz CT molecular complexity index is 564. The predicted octanol–water partition coefficient (Wildman–Crippen LogP) is 4.12. The molecule has 0 N–H and O–H groups in total. The third kappa shape index (κ3) is 1.42. The molecule has 0 fully saturated rings. The van der Waals surface area contributed by atoms with Gasteiger partial charge in [0.05, 0.1) is 11.1 Å². The van der Waals surface area contributed by atoms with E-state index in [9.17, 15) is 0 Å². The molecular formula is C16H17N. The fourth-order valence-corrected chi connectivity index (χ4v) is 2.93. The summed E-state index contributed by atoms with van der Waals surface area (Å²) in [4.78, 5) is 4.75. The van der Waals surface area contributed by atoms with Gasteiger partial charge in [-0.05, 0) is 50.5 Å². The molecule has 86 valence electrons. The van der Waals surface area contributed by atoms with Crippen molar-refractivity contribution in [1.82, 2.24) is 0 Å². The largest absolute Gasteiger partial charge is 0.257 e. The summed E-state index contributed by atoms with van der Waals surface area (Å²) in [6.45, 7) is 6.42. The summed E-state index contributed by atoms with van der Waals surface area (Å²) in [5.41, 5.74) is 6.43. The molecule has 0 saturated carbocycles. The van der Waals surface area contributed by atoms with Crippen molar-refractivity contribution in [3.05, 3.63) is 58.9 Å². The number of allylic oxidation sites excluding steroid dienone is 8. The first-order valence-corrected chi connectivity index (χ1v) is 6.15. The zero-order chi connectivity index (χ0) is 12.0. The summed E-state index contributed by atoms with van der Waals surface area (Å²) in [6.07, 6.45) is 14.5. The van der Waals surface area contributed by atoms with Crippen molar-refractivity contribution in [2.45, 2.75) is 27.2 Å². The zero-order valence-electron chi connectivity index (χ0n) is 10.6. The van der Waals surface area contributed by atoms with Gasteiger partial charge in [0.15, 0.2) is 0 Å². The minimum Gasteiger partial charge on any atom is -0.257 e. The molecule has 0 aromatic rings. The maximum absolute atomic E-state index is 4.75.